The monoisotopic (exact) mass is 630 g/mol. The van der Waals surface area contributed by atoms with E-state index in [1.54, 1.807) is 0 Å². The van der Waals surface area contributed by atoms with Crippen LogP contribution in [-0.2, 0) is 42.7 Å². The van der Waals surface area contributed by atoms with E-state index >= 15 is 0 Å². The first kappa shape index (κ1) is 34.7. The van der Waals surface area contributed by atoms with Crippen molar-refractivity contribution in [3.8, 4) is 0 Å². The minimum absolute atomic E-state index is 0.429. The molecule has 0 radical (unpaired) electrons. The number of rotatable bonds is 7. The normalized spacial score (nSPS) is 52.9. The van der Waals surface area contributed by atoms with Crippen LogP contribution in [0.25, 0.3) is 0 Å². The maximum atomic E-state index is 11.4. The van der Waals surface area contributed by atoms with Gasteiger partial charge in [0.15, 0.2) is 31.3 Å². The Morgan fingerprint density at radius 2 is 1.09 bits per heavy atom. The minimum atomic E-state index is -1.83. The van der Waals surface area contributed by atoms with Crippen molar-refractivity contribution < 1.29 is 88.6 Å². The van der Waals surface area contributed by atoms with Crippen molar-refractivity contribution in [2.75, 3.05) is 6.61 Å². The van der Waals surface area contributed by atoms with E-state index in [-0.39, 0.29) is 0 Å². The Kier molecular flexibility index (Phi) is 11.4. The molecule has 9 N–H and O–H groups in total. The van der Waals surface area contributed by atoms with Gasteiger partial charge in [0.1, 0.15) is 67.1 Å². The number of esters is 1. The van der Waals surface area contributed by atoms with Crippen LogP contribution in [0, 0.1) is 0 Å². The zero-order valence-corrected chi connectivity index (χ0v) is 23.9. The van der Waals surface area contributed by atoms with Crippen molar-refractivity contribution in [3.63, 3.8) is 0 Å². The Morgan fingerprint density at radius 3 is 1.72 bits per heavy atom. The van der Waals surface area contributed by atoms with E-state index in [2.05, 4.69) is 0 Å². The van der Waals surface area contributed by atoms with Crippen LogP contribution < -0.4 is 0 Å². The van der Waals surface area contributed by atoms with E-state index in [0.29, 0.717) is 0 Å². The molecule has 0 aromatic heterocycles. The molecule has 4 heterocycles. The molecule has 0 amide bonds. The molecule has 0 aromatic rings. The van der Waals surface area contributed by atoms with Gasteiger partial charge in [-0.3, -0.25) is 4.79 Å². The molecule has 4 aliphatic rings. The van der Waals surface area contributed by atoms with E-state index in [1.165, 1.54) is 20.8 Å². The van der Waals surface area contributed by atoms with Gasteiger partial charge in [-0.1, -0.05) is 0 Å². The van der Waals surface area contributed by atoms with Gasteiger partial charge in [-0.25, -0.2) is 0 Å². The first-order valence-corrected chi connectivity index (χ1v) is 14.0. The molecule has 0 unspecified atom stereocenters. The number of hydrogen-bond acceptors (Lipinski definition) is 18. The molecule has 4 saturated heterocycles. The molecule has 18 heteroatoms. The lowest BCUT2D eigenvalue weighted by Crippen LogP contribution is -2.65. The fourth-order valence-corrected chi connectivity index (χ4v) is 5.47. The fourth-order valence-electron chi connectivity index (χ4n) is 5.47. The molecule has 18 nitrogen and oxygen atoms in total. The third kappa shape index (κ3) is 7.30. The Hall–Kier alpha value is -1.17. The summed E-state index contributed by atoms with van der Waals surface area (Å²) in [5.74, 6) is -0.715. The first-order chi connectivity index (χ1) is 20.1. The molecule has 0 aromatic carbocycles. The van der Waals surface area contributed by atoms with Crippen LogP contribution in [0.3, 0.4) is 0 Å². The summed E-state index contributed by atoms with van der Waals surface area (Å²) in [7, 11) is 0. The fraction of sp³-hybridized carbons (Fsp3) is 0.960. The third-order valence-corrected chi connectivity index (χ3v) is 7.96. The van der Waals surface area contributed by atoms with E-state index in [9.17, 15) is 50.8 Å². The van der Waals surface area contributed by atoms with Crippen LogP contribution in [-0.4, -0.2) is 175 Å². The van der Waals surface area contributed by atoms with Crippen molar-refractivity contribution >= 4 is 5.97 Å². The van der Waals surface area contributed by atoms with Crippen molar-refractivity contribution in [2.24, 2.45) is 0 Å². The highest BCUT2D eigenvalue weighted by Gasteiger charge is 2.53. The second-order valence-corrected chi connectivity index (χ2v) is 11.2. The summed E-state index contributed by atoms with van der Waals surface area (Å²) in [4.78, 5) is 11.4. The predicted molar refractivity (Wildman–Crippen MR) is 133 cm³/mol. The van der Waals surface area contributed by atoms with E-state index in [0.717, 1.165) is 6.92 Å². The summed E-state index contributed by atoms with van der Waals surface area (Å²) in [6.07, 6.45) is -28.0. The summed E-state index contributed by atoms with van der Waals surface area (Å²) in [6, 6.07) is 0. The molecule has 0 saturated carbocycles. The summed E-state index contributed by atoms with van der Waals surface area (Å²) in [5, 5.41) is 94.2. The van der Waals surface area contributed by atoms with Crippen LogP contribution in [0.5, 0.6) is 0 Å². The Labute approximate surface area is 246 Å². The SMILES string of the molecule is CC(=O)O[C@@H]1[C@H](O)[C@@H](O[C@@H]2O[C@@H](C)[C@H](O[C@@H]3OC[C@@H](O)[C@H](O[C@@H]4O[C@@H](C)[C@H](O)[C@@H](O)[C@H]4O)[C@H]3O)[C@@H](O)[C@H]2O)[C@H](O)O[C@@H]1C. The van der Waals surface area contributed by atoms with Gasteiger partial charge in [0, 0.05) is 6.92 Å². The van der Waals surface area contributed by atoms with E-state index in [4.69, 9.17) is 37.9 Å². The highest BCUT2D eigenvalue weighted by atomic mass is 16.8. The van der Waals surface area contributed by atoms with Crippen LogP contribution in [0.2, 0.25) is 0 Å². The molecule has 0 spiro atoms. The van der Waals surface area contributed by atoms with E-state index < -0.39 is 129 Å². The van der Waals surface area contributed by atoms with Crippen molar-refractivity contribution in [1.29, 1.82) is 0 Å². The van der Waals surface area contributed by atoms with Crippen LogP contribution >= 0.6 is 0 Å². The number of aliphatic hydroxyl groups excluding tert-OH is 9. The Morgan fingerprint density at radius 1 is 0.558 bits per heavy atom. The van der Waals surface area contributed by atoms with Gasteiger partial charge in [0.05, 0.1) is 24.9 Å². The Balaban J connectivity index is 1.39. The summed E-state index contributed by atoms with van der Waals surface area (Å²) in [5.41, 5.74) is 0. The average molecular weight is 631 g/mol. The van der Waals surface area contributed by atoms with Gasteiger partial charge in [-0.05, 0) is 20.8 Å². The first-order valence-electron chi connectivity index (χ1n) is 14.0. The van der Waals surface area contributed by atoms with Crippen molar-refractivity contribution in [2.45, 2.75) is 144 Å². The lowest BCUT2D eigenvalue weighted by atomic mass is 9.97. The lowest BCUT2D eigenvalue weighted by Gasteiger charge is -2.47. The second-order valence-electron chi connectivity index (χ2n) is 11.2. The van der Waals surface area contributed by atoms with Crippen LogP contribution in [0.1, 0.15) is 27.7 Å². The summed E-state index contributed by atoms with van der Waals surface area (Å²) in [6.45, 7) is 5.02. The molecule has 4 aliphatic heterocycles. The van der Waals surface area contributed by atoms with Crippen molar-refractivity contribution in [3.05, 3.63) is 0 Å². The van der Waals surface area contributed by atoms with Gasteiger partial charge >= 0.3 is 5.97 Å². The summed E-state index contributed by atoms with van der Waals surface area (Å²) >= 11 is 0. The maximum Gasteiger partial charge on any atom is 0.303 e. The molecule has 4 fully saturated rings. The highest BCUT2D eigenvalue weighted by molar-refractivity contribution is 5.66. The molecule has 4 rings (SSSR count). The smallest absolute Gasteiger partial charge is 0.303 e. The lowest BCUT2D eigenvalue weighted by molar-refractivity contribution is -0.379. The number of hydrogen-bond donors (Lipinski definition) is 9. The molecule has 19 atom stereocenters. The van der Waals surface area contributed by atoms with Gasteiger partial charge in [0.25, 0.3) is 0 Å². The van der Waals surface area contributed by atoms with Gasteiger partial charge in [0.2, 0.25) is 0 Å². The molecular weight excluding hydrogens is 588 g/mol. The van der Waals surface area contributed by atoms with Gasteiger partial charge in [-0.15, -0.1) is 0 Å². The highest BCUT2D eigenvalue weighted by Crippen LogP contribution is 2.33. The molecule has 0 bridgehead atoms. The standard InChI is InChI=1S/C25H42O18/c1-6-11(28)12(29)14(31)24(38-6)42-20-10(27)5-36-23(17(20)34)41-18-8(3)39-25(15(32)13(18)30)43-21-16(33)19(40-9(4)26)7(2)37-22(21)35/h6-8,10-25,27-35H,5H2,1-4H3/t6-,7+,8-,10+,11-,12+,13-,14+,15+,16-,17+,18-,19-,20-,21+,22+,23-,24-,25-/m0/s1. The summed E-state index contributed by atoms with van der Waals surface area (Å²) < 4.78 is 43.6. The number of carbonyl (C=O) groups excluding carboxylic acids is 1. The van der Waals surface area contributed by atoms with Gasteiger partial charge < -0.3 is 83.9 Å². The molecule has 0 aliphatic carbocycles. The average Bonchev–Trinajstić information content (AvgIpc) is 2.94. The van der Waals surface area contributed by atoms with Gasteiger partial charge in [-0.2, -0.15) is 0 Å². The number of aliphatic hydroxyl groups is 9. The number of carbonyl (C=O) groups is 1. The second kappa shape index (κ2) is 14.1. The Bertz CT molecular complexity index is 927. The third-order valence-electron chi connectivity index (χ3n) is 7.96. The molecule has 43 heavy (non-hydrogen) atoms. The zero-order valence-electron chi connectivity index (χ0n) is 23.9. The minimum Gasteiger partial charge on any atom is -0.457 e. The zero-order chi connectivity index (χ0) is 31.9. The van der Waals surface area contributed by atoms with Crippen LogP contribution in [0.4, 0.5) is 0 Å². The van der Waals surface area contributed by atoms with Crippen molar-refractivity contribution in [1.82, 2.24) is 0 Å². The number of ether oxygens (including phenoxy) is 8. The topological polar surface area (TPSA) is 273 Å². The quantitative estimate of drug-likeness (QED) is 0.119. The predicted octanol–water partition coefficient (Wildman–Crippen LogP) is -5.46. The van der Waals surface area contributed by atoms with Crippen LogP contribution in [0.15, 0.2) is 0 Å². The van der Waals surface area contributed by atoms with E-state index in [1.807, 2.05) is 0 Å². The molecular formula is C25H42O18. The molecule has 250 valence electrons. The maximum absolute atomic E-state index is 11.4. The largest absolute Gasteiger partial charge is 0.457 e.